The van der Waals surface area contributed by atoms with Gasteiger partial charge in [-0.1, -0.05) is 6.92 Å². The van der Waals surface area contributed by atoms with Crippen molar-refractivity contribution < 1.29 is 9.84 Å². The smallest absolute Gasteiger partial charge is 0.123 e. The molecule has 0 spiro atoms. The average Bonchev–Trinajstić information content (AvgIpc) is 2.60. The highest BCUT2D eigenvalue weighted by Crippen LogP contribution is 2.55. The van der Waals surface area contributed by atoms with Gasteiger partial charge in [-0.25, -0.2) is 0 Å². The molecule has 1 aliphatic carbocycles. The third kappa shape index (κ3) is 1.01. The van der Waals surface area contributed by atoms with Gasteiger partial charge in [0.25, 0.3) is 0 Å². The zero-order chi connectivity index (χ0) is 8.98. The minimum atomic E-state index is -0.655. The molecule has 1 aliphatic heterocycles. The normalized spacial score (nSPS) is 47.0. The maximum atomic E-state index is 9.90. The molecule has 2 aliphatic rings. The Bertz CT molecular complexity index is 195. The van der Waals surface area contributed by atoms with Crippen LogP contribution in [0.2, 0.25) is 0 Å². The summed E-state index contributed by atoms with van der Waals surface area (Å²) < 4.78 is 5.65. The summed E-state index contributed by atoms with van der Waals surface area (Å²) in [5.41, 5.74) is -0.836. The van der Waals surface area contributed by atoms with Crippen LogP contribution in [0.1, 0.15) is 40.0 Å². The fourth-order valence-electron chi connectivity index (χ4n) is 2.47. The monoisotopic (exact) mass is 170 g/mol. The van der Waals surface area contributed by atoms with E-state index in [9.17, 15) is 5.11 Å². The standard InChI is InChI=1S/C10H18O2/c1-7-4-5-10(9(2,3)11)8(6-7)12-10/h7-8,11H,4-6H2,1-3H3/t7-,8+,10-/m1/s1. The topological polar surface area (TPSA) is 32.8 Å². The Hall–Kier alpha value is -0.0800. The Morgan fingerprint density at radius 2 is 2.17 bits per heavy atom. The second kappa shape index (κ2) is 2.24. The van der Waals surface area contributed by atoms with E-state index in [1.807, 2.05) is 13.8 Å². The number of hydrogen-bond acceptors (Lipinski definition) is 2. The van der Waals surface area contributed by atoms with Crippen LogP contribution >= 0.6 is 0 Å². The van der Waals surface area contributed by atoms with E-state index in [0.29, 0.717) is 6.10 Å². The van der Waals surface area contributed by atoms with Gasteiger partial charge in [0, 0.05) is 0 Å². The van der Waals surface area contributed by atoms with Crippen LogP contribution < -0.4 is 0 Å². The van der Waals surface area contributed by atoms with Gasteiger partial charge in [-0.3, -0.25) is 0 Å². The lowest BCUT2D eigenvalue weighted by atomic mass is 9.75. The van der Waals surface area contributed by atoms with Crippen molar-refractivity contribution in [3.05, 3.63) is 0 Å². The Labute approximate surface area is 73.9 Å². The van der Waals surface area contributed by atoms with Crippen LogP contribution in [0.5, 0.6) is 0 Å². The summed E-state index contributed by atoms with van der Waals surface area (Å²) in [7, 11) is 0. The molecule has 1 N–H and O–H groups in total. The predicted molar refractivity (Wildman–Crippen MR) is 46.9 cm³/mol. The van der Waals surface area contributed by atoms with Gasteiger partial charge in [0.05, 0.1) is 11.7 Å². The summed E-state index contributed by atoms with van der Waals surface area (Å²) in [5, 5.41) is 9.90. The molecule has 3 atom stereocenters. The fraction of sp³-hybridized carbons (Fsp3) is 1.00. The van der Waals surface area contributed by atoms with Gasteiger partial charge in [-0.2, -0.15) is 0 Å². The molecule has 0 radical (unpaired) electrons. The molecule has 0 aromatic heterocycles. The Balaban J connectivity index is 2.10. The van der Waals surface area contributed by atoms with Crippen molar-refractivity contribution in [3.8, 4) is 0 Å². The zero-order valence-corrected chi connectivity index (χ0v) is 8.13. The van der Waals surface area contributed by atoms with Crippen LogP contribution in [0.3, 0.4) is 0 Å². The van der Waals surface area contributed by atoms with Crippen molar-refractivity contribution in [3.63, 3.8) is 0 Å². The van der Waals surface area contributed by atoms with E-state index in [2.05, 4.69) is 6.92 Å². The summed E-state index contributed by atoms with van der Waals surface area (Å²) in [5.74, 6) is 0.771. The Kier molecular flexibility index (Phi) is 1.59. The first-order valence-corrected chi connectivity index (χ1v) is 4.86. The first kappa shape index (κ1) is 8.52. The van der Waals surface area contributed by atoms with Crippen LogP contribution in [0.4, 0.5) is 0 Å². The quantitative estimate of drug-likeness (QED) is 0.608. The molecular weight excluding hydrogens is 152 g/mol. The van der Waals surface area contributed by atoms with Gasteiger partial charge in [0.1, 0.15) is 5.60 Å². The van der Waals surface area contributed by atoms with E-state index < -0.39 is 5.60 Å². The molecule has 0 bridgehead atoms. The molecule has 12 heavy (non-hydrogen) atoms. The summed E-state index contributed by atoms with van der Waals surface area (Å²) in [6.45, 7) is 5.99. The summed E-state index contributed by atoms with van der Waals surface area (Å²) in [6, 6.07) is 0. The van der Waals surface area contributed by atoms with Crippen LogP contribution in [0, 0.1) is 5.92 Å². The van der Waals surface area contributed by atoms with E-state index >= 15 is 0 Å². The second-order valence-corrected chi connectivity index (χ2v) is 4.93. The largest absolute Gasteiger partial charge is 0.387 e. The van der Waals surface area contributed by atoms with E-state index in [-0.39, 0.29) is 5.60 Å². The SMILES string of the molecule is C[C@@H]1CC[C@@]2(C(C)(C)O)O[C@H]2C1. The molecule has 1 heterocycles. The van der Waals surface area contributed by atoms with E-state index in [1.165, 1.54) is 6.42 Å². The number of aliphatic hydroxyl groups is 1. The highest BCUT2D eigenvalue weighted by Gasteiger charge is 2.66. The van der Waals surface area contributed by atoms with Crippen molar-refractivity contribution in [2.75, 3.05) is 0 Å². The van der Waals surface area contributed by atoms with Crippen molar-refractivity contribution in [2.24, 2.45) is 5.92 Å². The molecule has 2 fully saturated rings. The molecule has 1 saturated carbocycles. The molecular formula is C10H18O2. The van der Waals surface area contributed by atoms with Crippen molar-refractivity contribution in [1.82, 2.24) is 0 Å². The van der Waals surface area contributed by atoms with Crippen LogP contribution in [-0.2, 0) is 4.74 Å². The lowest BCUT2D eigenvalue weighted by Gasteiger charge is -2.31. The predicted octanol–water partition coefficient (Wildman–Crippen LogP) is 1.71. The van der Waals surface area contributed by atoms with Gasteiger partial charge >= 0.3 is 0 Å². The Morgan fingerprint density at radius 1 is 1.50 bits per heavy atom. The number of rotatable bonds is 1. The molecule has 2 nitrogen and oxygen atoms in total. The molecule has 1 saturated heterocycles. The maximum Gasteiger partial charge on any atom is 0.123 e. The summed E-state index contributed by atoms with van der Waals surface area (Å²) >= 11 is 0. The molecule has 0 aromatic rings. The van der Waals surface area contributed by atoms with Crippen molar-refractivity contribution in [1.29, 1.82) is 0 Å². The minimum absolute atomic E-state index is 0.181. The molecule has 70 valence electrons. The van der Waals surface area contributed by atoms with Gasteiger partial charge in [-0.05, 0) is 39.0 Å². The fourth-order valence-corrected chi connectivity index (χ4v) is 2.47. The Morgan fingerprint density at radius 3 is 2.67 bits per heavy atom. The van der Waals surface area contributed by atoms with E-state index in [0.717, 1.165) is 18.8 Å². The third-order valence-electron chi connectivity index (χ3n) is 3.48. The van der Waals surface area contributed by atoms with E-state index in [1.54, 1.807) is 0 Å². The average molecular weight is 170 g/mol. The first-order chi connectivity index (χ1) is 5.46. The molecule has 0 amide bonds. The zero-order valence-electron chi connectivity index (χ0n) is 8.13. The van der Waals surface area contributed by atoms with E-state index in [4.69, 9.17) is 4.74 Å². The second-order valence-electron chi connectivity index (χ2n) is 4.93. The lowest BCUT2D eigenvalue weighted by Crippen LogP contribution is -2.43. The first-order valence-electron chi connectivity index (χ1n) is 4.86. The number of hydrogen-bond donors (Lipinski definition) is 1. The van der Waals surface area contributed by atoms with Gasteiger partial charge < -0.3 is 9.84 Å². The third-order valence-corrected chi connectivity index (χ3v) is 3.48. The number of epoxide rings is 1. The molecule has 0 aromatic carbocycles. The van der Waals surface area contributed by atoms with Gasteiger partial charge in [0.2, 0.25) is 0 Å². The highest BCUT2D eigenvalue weighted by atomic mass is 16.6. The van der Waals surface area contributed by atoms with Crippen LogP contribution in [0.25, 0.3) is 0 Å². The summed E-state index contributed by atoms with van der Waals surface area (Å²) in [6.07, 6.45) is 3.69. The van der Waals surface area contributed by atoms with Gasteiger partial charge in [0.15, 0.2) is 0 Å². The van der Waals surface area contributed by atoms with Crippen molar-refractivity contribution >= 4 is 0 Å². The minimum Gasteiger partial charge on any atom is -0.387 e. The number of ether oxygens (including phenoxy) is 1. The maximum absolute atomic E-state index is 9.90. The van der Waals surface area contributed by atoms with Crippen LogP contribution in [-0.4, -0.2) is 22.4 Å². The molecule has 2 rings (SSSR count). The lowest BCUT2D eigenvalue weighted by molar-refractivity contribution is -0.0138. The van der Waals surface area contributed by atoms with Crippen LogP contribution in [0.15, 0.2) is 0 Å². The van der Waals surface area contributed by atoms with Crippen molar-refractivity contribution in [2.45, 2.75) is 57.3 Å². The highest BCUT2D eigenvalue weighted by molar-refractivity contribution is 5.14. The molecule has 0 unspecified atom stereocenters. The summed E-state index contributed by atoms with van der Waals surface area (Å²) in [4.78, 5) is 0. The number of fused-ring (bicyclic) bond motifs is 1. The molecule has 2 heteroatoms. The van der Waals surface area contributed by atoms with Gasteiger partial charge in [-0.15, -0.1) is 0 Å².